The summed E-state index contributed by atoms with van der Waals surface area (Å²) in [7, 11) is 0. The average molecular weight is 308 g/mol. The molecule has 0 radical (unpaired) electrons. The van der Waals surface area contributed by atoms with Crippen LogP contribution in [0.1, 0.15) is 24.5 Å². The first-order valence-electron chi connectivity index (χ1n) is 6.21. The monoisotopic (exact) mass is 307 g/mol. The van der Waals surface area contributed by atoms with Crippen molar-refractivity contribution in [2.24, 2.45) is 0 Å². The van der Waals surface area contributed by atoms with Crippen LogP contribution in [0.25, 0.3) is 0 Å². The van der Waals surface area contributed by atoms with Crippen molar-refractivity contribution in [3.8, 4) is 0 Å². The molecule has 0 fully saturated rings. The zero-order chi connectivity index (χ0) is 13.0. The summed E-state index contributed by atoms with van der Waals surface area (Å²) in [5.74, 6) is 0. The van der Waals surface area contributed by atoms with Crippen molar-refractivity contribution in [2.45, 2.75) is 33.4 Å². The van der Waals surface area contributed by atoms with Crippen LogP contribution in [0, 0.1) is 6.92 Å². The number of rotatable bonds is 5. The number of hydrogen-bond acceptors (Lipinski definition) is 2. The summed E-state index contributed by atoms with van der Waals surface area (Å²) in [5, 5.41) is 7.75. The molecule has 0 saturated heterocycles. The second-order valence-corrected chi connectivity index (χ2v) is 5.19. The molecule has 0 amide bonds. The molecule has 1 N–H and O–H groups in total. The summed E-state index contributed by atoms with van der Waals surface area (Å²) in [5.41, 5.74) is 3.57. The molecule has 0 unspecified atom stereocenters. The zero-order valence-corrected chi connectivity index (χ0v) is 12.4. The van der Waals surface area contributed by atoms with Crippen molar-refractivity contribution in [3.63, 3.8) is 0 Å². The third-order valence-electron chi connectivity index (χ3n) is 2.81. The molecule has 96 valence electrons. The molecular weight excluding hydrogens is 290 g/mol. The average Bonchev–Trinajstić information content (AvgIpc) is 2.79. The lowest BCUT2D eigenvalue weighted by molar-refractivity contribution is 0.602. The number of hydrogen-bond donors (Lipinski definition) is 1. The predicted octanol–water partition coefficient (Wildman–Crippen LogP) is 3.98. The van der Waals surface area contributed by atoms with Gasteiger partial charge in [-0.15, -0.1) is 0 Å². The fraction of sp³-hybridized carbons (Fsp3) is 0.357. The molecule has 0 aliphatic heterocycles. The van der Waals surface area contributed by atoms with Gasteiger partial charge >= 0.3 is 0 Å². The summed E-state index contributed by atoms with van der Waals surface area (Å²) < 4.78 is 3.12. The molecule has 1 aromatic carbocycles. The van der Waals surface area contributed by atoms with Crippen LogP contribution in [-0.4, -0.2) is 9.78 Å². The van der Waals surface area contributed by atoms with Gasteiger partial charge in [0.15, 0.2) is 0 Å². The molecule has 0 atom stereocenters. The SMILES string of the molecule is CCCn1cc(CNc2cccc(C)c2Br)cn1. The molecule has 2 aromatic rings. The third kappa shape index (κ3) is 3.13. The highest BCUT2D eigenvalue weighted by atomic mass is 79.9. The van der Waals surface area contributed by atoms with E-state index in [0.29, 0.717) is 0 Å². The highest BCUT2D eigenvalue weighted by molar-refractivity contribution is 9.10. The maximum atomic E-state index is 4.32. The highest BCUT2D eigenvalue weighted by Crippen LogP contribution is 2.26. The normalized spacial score (nSPS) is 10.6. The highest BCUT2D eigenvalue weighted by Gasteiger charge is 2.03. The van der Waals surface area contributed by atoms with Gasteiger partial charge in [-0.3, -0.25) is 4.68 Å². The third-order valence-corrected chi connectivity index (χ3v) is 3.87. The van der Waals surface area contributed by atoms with Gasteiger partial charge in [0.05, 0.1) is 6.20 Å². The number of halogens is 1. The molecule has 1 aromatic heterocycles. The van der Waals surface area contributed by atoms with Crippen molar-refractivity contribution in [1.82, 2.24) is 9.78 Å². The molecule has 18 heavy (non-hydrogen) atoms. The Bertz CT molecular complexity index is 520. The lowest BCUT2D eigenvalue weighted by atomic mass is 10.2. The van der Waals surface area contributed by atoms with Gasteiger partial charge in [0.2, 0.25) is 0 Å². The summed E-state index contributed by atoms with van der Waals surface area (Å²) >= 11 is 3.60. The summed E-state index contributed by atoms with van der Waals surface area (Å²) in [6, 6.07) is 6.23. The van der Waals surface area contributed by atoms with E-state index >= 15 is 0 Å². The Kier molecular flexibility index (Phi) is 4.42. The summed E-state index contributed by atoms with van der Waals surface area (Å²) in [6.07, 6.45) is 5.13. The van der Waals surface area contributed by atoms with E-state index < -0.39 is 0 Å². The van der Waals surface area contributed by atoms with Crippen LogP contribution in [-0.2, 0) is 13.1 Å². The fourth-order valence-electron chi connectivity index (χ4n) is 1.83. The number of aromatic nitrogens is 2. The number of anilines is 1. The number of nitrogens with one attached hydrogen (secondary N) is 1. The lowest BCUT2D eigenvalue weighted by Crippen LogP contribution is -2.00. The Morgan fingerprint density at radius 2 is 2.22 bits per heavy atom. The van der Waals surface area contributed by atoms with Crippen molar-refractivity contribution in [3.05, 3.63) is 46.2 Å². The molecule has 0 aliphatic carbocycles. The molecule has 0 aliphatic rings. The Balaban J connectivity index is 2.00. The van der Waals surface area contributed by atoms with Crippen LogP contribution in [0.15, 0.2) is 35.1 Å². The molecule has 4 heteroatoms. The Labute approximate surface area is 116 Å². The van der Waals surface area contributed by atoms with Crippen LogP contribution >= 0.6 is 15.9 Å². The van der Waals surface area contributed by atoms with Crippen LogP contribution in [0.5, 0.6) is 0 Å². The number of benzene rings is 1. The van der Waals surface area contributed by atoms with E-state index in [1.165, 1.54) is 11.1 Å². The first kappa shape index (κ1) is 13.1. The molecule has 0 spiro atoms. The van der Waals surface area contributed by atoms with Gasteiger partial charge in [0, 0.05) is 35.0 Å². The fourth-order valence-corrected chi connectivity index (χ4v) is 2.23. The Hall–Kier alpha value is -1.29. The predicted molar refractivity (Wildman–Crippen MR) is 78.7 cm³/mol. The maximum absolute atomic E-state index is 4.32. The van der Waals surface area contributed by atoms with Crippen LogP contribution in [0.4, 0.5) is 5.69 Å². The van der Waals surface area contributed by atoms with E-state index in [-0.39, 0.29) is 0 Å². The van der Waals surface area contributed by atoms with E-state index in [1.807, 2.05) is 10.9 Å². The van der Waals surface area contributed by atoms with Gasteiger partial charge in [0.25, 0.3) is 0 Å². The maximum Gasteiger partial charge on any atom is 0.0539 e. The quantitative estimate of drug-likeness (QED) is 0.905. The van der Waals surface area contributed by atoms with Crippen molar-refractivity contribution in [1.29, 1.82) is 0 Å². The van der Waals surface area contributed by atoms with E-state index in [9.17, 15) is 0 Å². The van der Waals surface area contributed by atoms with Gasteiger partial charge in [-0.2, -0.15) is 5.10 Å². The van der Waals surface area contributed by atoms with Gasteiger partial charge in [-0.1, -0.05) is 19.1 Å². The van der Waals surface area contributed by atoms with E-state index in [2.05, 4.69) is 64.6 Å². The van der Waals surface area contributed by atoms with Crippen LogP contribution in [0.3, 0.4) is 0 Å². The zero-order valence-electron chi connectivity index (χ0n) is 10.8. The van der Waals surface area contributed by atoms with E-state index in [1.54, 1.807) is 0 Å². The topological polar surface area (TPSA) is 29.9 Å². The van der Waals surface area contributed by atoms with Crippen molar-refractivity contribution >= 4 is 21.6 Å². The smallest absolute Gasteiger partial charge is 0.0539 e. The number of nitrogens with zero attached hydrogens (tertiary/aromatic N) is 2. The van der Waals surface area contributed by atoms with E-state index in [0.717, 1.165) is 29.7 Å². The summed E-state index contributed by atoms with van der Waals surface area (Å²) in [6.45, 7) is 6.03. The van der Waals surface area contributed by atoms with Crippen molar-refractivity contribution in [2.75, 3.05) is 5.32 Å². The molecule has 0 bridgehead atoms. The Morgan fingerprint density at radius 1 is 1.39 bits per heavy atom. The minimum atomic E-state index is 0.797. The van der Waals surface area contributed by atoms with E-state index in [4.69, 9.17) is 0 Å². The molecule has 3 nitrogen and oxygen atoms in total. The lowest BCUT2D eigenvalue weighted by Gasteiger charge is -2.09. The number of aryl methyl sites for hydroxylation is 2. The molecule has 2 rings (SSSR count). The molecule has 0 saturated carbocycles. The minimum absolute atomic E-state index is 0.797. The second-order valence-electron chi connectivity index (χ2n) is 4.40. The van der Waals surface area contributed by atoms with Crippen LogP contribution in [0.2, 0.25) is 0 Å². The second kappa shape index (κ2) is 6.05. The minimum Gasteiger partial charge on any atom is -0.380 e. The first-order chi connectivity index (χ1) is 8.70. The largest absolute Gasteiger partial charge is 0.380 e. The first-order valence-corrected chi connectivity index (χ1v) is 7.00. The van der Waals surface area contributed by atoms with Crippen LogP contribution < -0.4 is 5.32 Å². The van der Waals surface area contributed by atoms with Gasteiger partial charge in [-0.25, -0.2) is 0 Å². The summed E-state index contributed by atoms with van der Waals surface area (Å²) in [4.78, 5) is 0. The van der Waals surface area contributed by atoms with Gasteiger partial charge < -0.3 is 5.32 Å². The van der Waals surface area contributed by atoms with Gasteiger partial charge in [0.1, 0.15) is 0 Å². The Morgan fingerprint density at radius 3 is 3.00 bits per heavy atom. The van der Waals surface area contributed by atoms with Gasteiger partial charge in [-0.05, 0) is 40.9 Å². The molecule has 1 heterocycles. The molecular formula is C14H18BrN3. The standard InChI is InChI=1S/C14H18BrN3/c1-3-7-18-10-12(9-17-18)8-16-13-6-4-5-11(2)14(13)15/h4-6,9-10,16H,3,7-8H2,1-2H3. The van der Waals surface area contributed by atoms with Crippen molar-refractivity contribution < 1.29 is 0 Å².